The van der Waals surface area contributed by atoms with E-state index in [1.165, 1.54) is 0 Å². The Labute approximate surface area is 125 Å². The molecule has 5 nitrogen and oxygen atoms in total. The number of fused-ring (bicyclic) bond motifs is 1. The number of piperazine rings is 1. The maximum absolute atomic E-state index is 5.97. The van der Waals surface area contributed by atoms with Gasteiger partial charge in [0.1, 0.15) is 11.6 Å². The summed E-state index contributed by atoms with van der Waals surface area (Å²) in [5.41, 5.74) is 5.97. The summed E-state index contributed by atoms with van der Waals surface area (Å²) >= 11 is 0. The van der Waals surface area contributed by atoms with Crippen LogP contribution >= 0.6 is 0 Å². The SMILES string of the molecule is COc1ccc2c(N3CCN(C)CC3CN)nccc2c1. The molecule has 0 bridgehead atoms. The molecule has 1 aromatic carbocycles. The van der Waals surface area contributed by atoms with Gasteiger partial charge in [-0.3, -0.25) is 0 Å². The van der Waals surface area contributed by atoms with Crippen molar-refractivity contribution >= 4 is 16.6 Å². The molecule has 2 N–H and O–H groups in total. The number of ether oxygens (including phenoxy) is 1. The number of aromatic nitrogens is 1. The molecule has 112 valence electrons. The molecule has 1 aliphatic heterocycles. The molecular formula is C16H22N4O. The fraction of sp³-hybridized carbons (Fsp3) is 0.438. The van der Waals surface area contributed by atoms with Crippen LogP contribution in [-0.2, 0) is 0 Å². The maximum atomic E-state index is 5.97. The molecule has 0 radical (unpaired) electrons. The van der Waals surface area contributed by atoms with Crippen LogP contribution in [0.2, 0.25) is 0 Å². The van der Waals surface area contributed by atoms with Crippen molar-refractivity contribution in [2.75, 3.05) is 45.2 Å². The number of anilines is 1. The van der Waals surface area contributed by atoms with Crippen molar-refractivity contribution < 1.29 is 4.74 Å². The third kappa shape index (κ3) is 2.66. The number of likely N-dealkylation sites (N-methyl/N-ethyl adjacent to an activating group) is 1. The lowest BCUT2D eigenvalue weighted by Crippen LogP contribution is -2.55. The molecule has 1 atom stereocenters. The first kappa shape index (κ1) is 14.1. The van der Waals surface area contributed by atoms with E-state index in [4.69, 9.17) is 10.5 Å². The van der Waals surface area contributed by atoms with Gasteiger partial charge in [-0.05, 0) is 36.7 Å². The van der Waals surface area contributed by atoms with Crippen LogP contribution in [0.15, 0.2) is 30.5 Å². The van der Waals surface area contributed by atoms with E-state index < -0.39 is 0 Å². The van der Waals surface area contributed by atoms with Crippen LogP contribution in [0.25, 0.3) is 10.8 Å². The fourth-order valence-corrected chi connectivity index (χ4v) is 2.99. The molecule has 1 fully saturated rings. The second-order valence-corrected chi connectivity index (χ2v) is 5.57. The normalized spacial score (nSPS) is 20.0. The van der Waals surface area contributed by atoms with Crippen LogP contribution in [-0.4, -0.2) is 56.3 Å². The highest BCUT2D eigenvalue weighted by Gasteiger charge is 2.26. The van der Waals surface area contributed by atoms with E-state index in [2.05, 4.69) is 27.9 Å². The first-order chi connectivity index (χ1) is 10.2. The van der Waals surface area contributed by atoms with Gasteiger partial charge in [0.05, 0.1) is 13.2 Å². The van der Waals surface area contributed by atoms with Crippen molar-refractivity contribution in [2.24, 2.45) is 5.73 Å². The zero-order chi connectivity index (χ0) is 14.8. The minimum absolute atomic E-state index is 0.309. The molecule has 5 heteroatoms. The van der Waals surface area contributed by atoms with Gasteiger partial charge in [-0.25, -0.2) is 4.98 Å². The zero-order valence-electron chi connectivity index (χ0n) is 12.6. The van der Waals surface area contributed by atoms with E-state index in [1.807, 2.05) is 24.4 Å². The predicted molar refractivity (Wildman–Crippen MR) is 86.0 cm³/mol. The van der Waals surface area contributed by atoms with Crippen LogP contribution in [0.1, 0.15) is 0 Å². The third-order valence-corrected chi connectivity index (χ3v) is 4.18. The highest BCUT2D eigenvalue weighted by atomic mass is 16.5. The number of nitrogens with zero attached hydrogens (tertiary/aromatic N) is 3. The lowest BCUT2D eigenvalue weighted by atomic mass is 10.1. The Morgan fingerprint density at radius 1 is 1.33 bits per heavy atom. The van der Waals surface area contributed by atoms with Gasteiger partial charge in [0, 0.05) is 37.8 Å². The number of hydrogen-bond acceptors (Lipinski definition) is 5. The molecule has 2 heterocycles. The summed E-state index contributed by atoms with van der Waals surface area (Å²) in [4.78, 5) is 9.28. The fourth-order valence-electron chi connectivity index (χ4n) is 2.99. The van der Waals surface area contributed by atoms with Gasteiger partial charge in [0.15, 0.2) is 0 Å². The molecule has 1 saturated heterocycles. The van der Waals surface area contributed by atoms with Crippen molar-refractivity contribution in [3.8, 4) is 5.75 Å². The summed E-state index contributed by atoms with van der Waals surface area (Å²) in [6.45, 7) is 3.60. The third-order valence-electron chi connectivity index (χ3n) is 4.18. The average Bonchev–Trinajstić information content (AvgIpc) is 2.53. The van der Waals surface area contributed by atoms with Crippen LogP contribution in [0.5, 0.6) is 5.75 Å². The summed E-state index contributed by atoms with van der Waals surface area (Å²) in [7, 11) is 3.83. The molecule has 0 spiro atoms. The molecule has 1 unspecified atom stereocenters. The van der Waals surface area contributed by atoms with Crippen molar-refractivity contribution in [1.29, 1.82) is 0 Å². The minimum atomic E-state index is 0.309. The highest BCUT2D eigenvalue weighted by Crippen LogP contribution is 2.29. The molecule has 0 amide bonds. The van der Waals surface area contributed by atoms with Gasteiger partial charge >= 0.3 is 0 Å². The van der Waals surface area contributed by atoms with Crippen molar-refractivity contribution in [3.63, 3.8) is 0 Å². The average molecular weight is 286 g/mol. The summed E-state index contributed by atoms with van der Waals surface area (Å²) < 4.78 is 5.30. The Kier molecular flexibility index (Phi) is 3.94. The summed E-state index contributed by atoms with van der Waals surface area (Å²) in [5, 5.41) is 2.30. The summed E-state index contributed by atoms with van der Waals surface area (Å²) in [6.07, 6.45) is 1.86. The van der Waals surface area contributed by atoms with E-state index in [0.29, 0.717) is 12.6 Å². The van der Waals surface area contributed by atoms with Crippen LogP contribution in [0.4, 0.5) is 5.82 Å². The largest absolute Gasteiger partial charge is 0.497 e. The molecule has 21 heavy (non-hydrogen) atoms. The van der Waals surface area contributed by atoms with E-state index in [-0.39, 0.29) is 0 Å². The molecule has 0 aliphatic carbocycles. The number of benzene rings is 1. The number of hydrogen-bond donors (Lipinski definition) is 1. The van der Waals surface area contributed by atoms with Gasteiger partial charge in [0.25, 0.3) is 0 Å². The number of methoxy groups -OCH3 is 1. The second-order valence-electron chi connectivity index (χ2n) is 5.57. The van der Waals surface area contributed by atoms with Gasteiger partial charge in [0.2, 0.25) is 0 Å². The summed E-state index contributed by atoms with van der Waals surface area (Å²) in [5.74, 6) is 1.90. The van der Waals surface area contributed by atoms with E-state index >= 15 is 0 Å². The Hall–Kier alpha value is -1.85. The van der Waals surface area contributed by atoms with Crippen LogP contribution in [0.3, 0.4) is 0 Å². The van der Waals surface area contributed by atoms with Gasteiger partial charge in [-0.2, -0.15) is 0 Å². The Balaban J connectivity index is 2.03. The topological polar surface area (TPSA) is 54.6 Å². The van der Waals surface area contributed by atoms with E-state index in [0.717, 1.165) is 42.0 Å². The Morgan fingerprint density at radius 3 is 2.95 bits per heavy atom. The summed E-state index contributed by atoms with van der Waals surface area (Å²) in [6, 6.07) is 8.45. The van der Waals surface area contributed by atoms with Crippen molar-refractivity contribution in [1.82, 2.24) is 9.88 Å². The molecule has 1 aromatic heterocycles. The first-order valence-electron chi connectivity index (χ1n) is 7.31. The van der Waals surface area contributed by atoms with E-state index in [1.54, 1.807) is 7.11 Å². The number of rotatable bonds is 3. The van der Waals surface area contributed by atoms with Gasteiger partial charge in [-0.15, -0.1) is 0 Å². The van der Waals surface area contributed by atoms with Crippen LogP contribution in [0, 0.1) is 0 Å². The number of nitrogens with two attached hydrogens (primary N) is 1. The second kappa shape index (κ2) is 5.87. The Morgan fingerprint density at radius 2 is 2.19 bits per heavy atom. The van der Waals surface area contributed by atoms with Gasteiger partial charge in [-0.1, -0.05) is 0 Å². The predicted octanol–water partition coefficient (Wildman–Crippen LogP) is 1.32. The Bertz CT molecular complexity index is 631. The zero-order valence-corrected chi connectivity index (χ0v) is 12.6. The first-order valence-corrected chi connectivity index (χ1v) is 7.31. The van der Waals surface area contributed by atoms with Gasteiger partial charge < -0.3 is 20.3 Å². The molecule has 3 rings (SSSR count). The maximum Gasteiger partial charge on any atom is 0.136 e. The lowest BCUT2D eigenvalue weighted by Gasteiger charge is -2.40. The number of pyridine rings is 1. The standard InChI is InChI=1S/C16H22N4O/c1-19-7-8-20(13(10-17)11-19)16-15-4-3-14(21-2)9-12(15)5-6-18-16/h3-6,9,13H,7-8,10-11,17H2,1-2H3. The van der Waals surface area contributed by atoms with E-state index in [9.17, 15) is 0 Å². The molecule has 0 saturated carbocycles. The highest BCUT2D eigenvalue weighted by molar-refractivity contribution is 5.93. The van der Waals surface area contributed by atoms with Crippen molar-refractivity contribution in [3.05, 3.63) is 30.5 Å². The molecular weight excluding hydrogens is 264 g/mol. The monoisotopic (exact) mass is 286 g/mol. The molecule has 1 aliphatic rings. The lowest BCUT2D eigenvalue weighted by molar-refractivity contribution is 0.269. The van der Waals surface area contributed by atoms with Crippen LogP contribution < -0.4 is 15.4 Å². The minimum Gasteiger partial charge on any atom is -0.497 e. The smallest absolute Gasteiger partial charge is 0.136 e. The molecule has 2 aromatic rings. The quantitative estimate of drug-likeness (QED) is 0.922. The van der Waals surface area contributed by atoms with Crippen molar-refractivity contribution in [2.45, 2.75) is 6.04 Å².